The second-order valence-corrected chi connectivity index (χ2v) is 38.8. The van der Waals surface area contributed by atoms with Crippen LogP contribution in [0.25, 0.3) is 243 Å². The lowest BCUT2D eigenvalue weighted by molar-refractivity contribution is 1.22. The number of benzene rings is 12. The Morgan fingerprint density at radius 3 is 0.829 bits per heavy atom. The summed E-state index contributed by atoms with van der Waals surface area (Å²) < 4.78 is 8.86. The average molecular weight is 1790 g/mol. The zero-order valence-electron chi connectivity index (χ0n) is 75.1. The van der Waals surface area contributed by atoms with E-state index in [1.165, 1.54) is 178 Å². The molecule has 0 fully saturated rings. The molecule has 16 aromatic heterocycles. The molecule has 0 atom stereocenters. The molecule has 0 N–H and O–H groups in total. The van der Waals surface area contributed by atoms with Gasteiger partial charge >= 0.3 is 0 Å². The summed E-state index contributed by atoms with van der Waals surface area (Å²) in [4.78, 5) is 58.3. The molecule has 36 rings (SSSR count). The fourth-order valence-electron chi connectivity index (χ4n) is 25.7. The maximum Gasteiger partial charge on any atom is 0.166 e. The van der Waals surface area contributed by atoms with Crippen molar-refractivity contribution in [3.63, 3.8) is 0 Å². The monoisotopic (exact) mass is 1780 g/mol. The van der Waals surface area contributed by atoms with Gasteiger partial charge in [-0.1, -0.05) is 127 Å². The molecule has 16 heterocycles. The van der Waals surface area contributed by atoms with Gasteiger partial charge in [0.1, 0.15) is 45.0 Å². The lowest BCUT2D eigenvalue weighted by Crippen LogP contribution is -1.94. The van der Waals surface area contributed by atoms with Crippen molar-refractivity contribution in [2.24, 2.45) is 0 Å². The van der Waals surface area contributed by atoms with Crippen molar-refractivity contribution in [1.29, 1.82) is 0 Å². The van der Waals surface area contributed by atoms with Crippen LogP contribution >= 0.6 is 0 Å². The Kier molecular flexibility index (Phi) is 14.9. The highest BCUT2D eigenvalue weighted by Crippen LogP contribution is 2.54. The van der Waals surface area contributed by atoms with Gasteiger partial charge in [0.15, 0.2) is 5.65 Å². The Hall–Kier alpha value is -18.3. The largest absolute Gasteiger partial charge is 0.276 e. The molecule has 16 nitrogen and oxygen atoms in total. The van der Waals surface area contributed by atoms with E-state index < -0.39 is 0 Å². The normalized spacial score (nSPS) is 13.5. The summed E-state index contributed by atoms with van der Waals surface area (Å²) in [5.41, 5.74) is 62.1. The smallest absolute Gasteiger partial charge is 0.166 e. The number of fused-ring (bicyclic) bond motifs is 60. The Morgan fingerprint density at radius 1 is 0.157 bits per heavy atom. The summed E-state index contributed by atoms with van der Waals surface area (Å²) in [5.74, 6) is 0. The number of hydrogen-bond acceptors (Lipinski definition) is 12. The third-order valence-electron chi connectivity index (χ3n) is 31.7. The van der Waals surface area contributed by atoms with Crippen LogP contribution in [0.2, 0.25) is 0 Å². The van der Waals surface area contributed by atoms with Gasteiger partial charge in [0.2, 0.25) is 0 Å². The highest BCUT2D eigenvalue weighted by atomic mass is 15.1. The standard InChI is InChI=1S/4C31H18N4/c1-2-6-20-17(5-1)13-18-14-25-19(15-24(18)20)16-26-21(25)9-10-27-29(26)34-31-23-8-3-11-32-28(23)22-7-4-12-33-30(22)35(27)31;1-2-6-20-17(5-1)13-18-14-25-19(15-24(18)20)16-26-21(25)9-10-27-28(26)34-31-29-22(7-3-11-32-29)23-8-4-12-33-30(23)35(27)31;1-2-5-20-17(4-1)12-18-13-25-19(14-24(18)20)15-26-21(25)7-8-28-29(26)34-31-27-16-32-11-9-22(27)23-6-3-10-33-30(23)35(28)31;1-2-5-20-17(4-1)12-18-13-25-19(14-24(18)20)15-26-21(25)7-8-28-29(26)34-31-23-9-11-32-16-27(23)22-6-3-10-33-30(22)35(28)31/h2*1-12,14-15H,13,16H2;2*1-11,13-14,16H,12,15H2. The highest BCUT2D eigenvalue weighted by molar-refractivity contribution is 6.18. The van der Waals surface area contributed by atoms with Crippen molar-refractivity contribution < 1.29 is 0 Å². The predicted molar refractivity (Wildman–Crippen MR) is 559 cm³/mol. The van der Waals surface area contributed by atoms with Gasteiger partial charge in [-0.05, 0) is 361 Å². The topological polar surface area (TPSA) is 172 Å². The molecule has 0 saturated carbocycles. The second-order valence-electron chi connectivity index (χ2n) is 38.8. The second kappa shape index (κ2) is 27.7. The molecule has 0 amide bonds. The lowest BCUT2D eigenvalue weighted by Gasteiger charge is -2.08. The fourth-order valence-corrected chi connectivity index (χ4v) is 25.7. The van der Waals surface area contributed by atoms with E-state index >= 15 is 0 Å². The Morgan fingerprint density at radius 2 is 0.429 bits per heavy atom. The van der Waals surface area contributed by atoms with Gasteiger partial charge in [0, 0.05) is 136 Å². The van der Waals surface area contributed by atoms with Gasteiger partial charge in [0.25, 0.3) is 0 Å². The molecular formula is C124H72N16. The zero-order valence-corrected chi connectivity index (χ0v) is 75.1. The summed E-state index contributed by atoms with van der Waals surface area (Å²) in [6.45, 7) is 0. The third kappa shape index (κ3) is 10.3. The van der Waals surface area contributed by atoms with Crippen molar-refractivity contribution in [2.75, 3.05) is 0 Å². The van der Waals surface area contributed by atoms with Crippen molar-refractivity contribution in [2.45, 2.75) is 51.4 Å². The van der Waals surface area contributed by atoms with Crippen LogP contribution in [0.4, 0.5) is 0 Å². The van der Waals surface area contributed by atoms with Crippen LogP contribution in [0.15, 0.2) is 341 Å². The first-order valence-corrected chi connectivity index (χ1v) is 48.2. The van der Waals surface area contributed by atoms with E-state index in [9.17, 15) is 0 Å². The van der Waals surface area contributed by atoms with Crippen molar-refractivity contribution in [3.05, 3.63) is 430 Å². The molecule has 0 bridgehead atoms. The van der Waals surface area contributed by atoms with E-state index in [2.05, 4.69) is 270 Å². The molecular weight excluding hydrogens is 1710 g/mol. The van der Waals surface area contributed by atoms with Crippen LogP contribution in [0.1, 0.15) is 89.0 Å². The summed E-state index contributed by atoms with van der Waals surface area (Å²) in [6.07, 6.45) is 26.4. The van der Waals surface area contributed by atoms with Gasteiger partial charge in [-0.3, -0.25) is 37.5 Å². The lowest BCUT2D eigenvalue weighted by atomic mass is 9.98. The zero-order chi connectivity index (χ0) is 90.7. The molecule has 8 aliphatic rings. The Balaban J connectivity index is 0.0000000829. The Labute approximate surface area is 796 Å². The minimum absolute atomic E-state index is 0.877. The van der Waals surface area contributed by atoms with Gasteiger partial charge < -0.3 is 0 Å². The third-order valence-corrected chi connectivity index (χ3v) is 31.7. The van der Waals surface area contributed by atoms with E-state index in [1.54, 1.807) is 0 Å². The van der Waals surface area contributed by atoms with Gasteiger partial charge in [-0.25, -0.2) is 39.9 Å². The number of rotatable bonds is 0. The van der Waals surface area contributed by atoms with Crippen molar-refractivity contribution in [3.8, 4) is 89.0 Å². The highest BCUT2D eigenvalue weighted by Gasteiger charge is 2.36. The van der Waals surface area contributed by atoms with E-state index in [4.69, 9.17) is 49.8 Å². The first kappa shape index (κ1) is 75.1. The van der Waals surface area contributed by atoms with Crippen LogP contribution in [-0.2, 0) is 51.4 Å². The summed E-state index contributed by atoms with van der Waals surface area (Å²) in [5, 5.41) is 10.9. The molecule has 140 heavy (non-hydrogen) atoms. The molecule has 12 aromatic carbocycles. The van der Waals surface area contributed by atoms with Crippen LogP contribution in [0.3, 0.4) is 0 Å². The van der Waals surface area contributed by atoms with E-state index in [-0.39, 0.29) is 0 Å². The van der Waals surface area contributed by atoms with Crippen molar-refractivity contribution in [1.82, 2.24) is 77.4 Å². The number of aromatic nitrogens is 16. The van der Waals surface area contributed by atoms with Crippen LogP contribution < -0.4 is 0 Å². The minimum Gasteiger partial charge on any atom is -0.276 e. The number of nitrogens with zero attached hydrogens (tertiary/aromatic N) is 16. The minimum atomic E-state index is 0.877. The van der Waals surface area contributed by atoms with Gasteiger partial charge in [-0.15, -0.1) is 0 Å². The van der Waals surface area contributed by atoms with Crippen LogP contribution in [0.5, 0.6) is 0 Å². The van der Waals surface area contributed by atoms with Gasteiger partial charge in [-0.2, -0.15) is 0 Å². The maximum atomic E-state index is 5.26. The molecule has 0 unspecified atom stereocenters. The number of imidazole rings is 4. The van der Waals surface area contributed by atoms with Crippen LogP contribution in [0, 0.1) is 0 Å². The summed E-state index contributed by atoms with van der Waals surface area (Å²) in [6, 6.07) is 101. The maximum absolute atomic E-state index is 5.26. The number of hydrogen-bond donors (Lipinski definition) is 0. The van der Waals surface area contributed by atoms with Gasteiger partial charge in [0.05, 0.1) is 49.7 Å². The summed E-state index contributed by atoms with van der Waals surface area (Å²) in [7, 11) is 0. The molecule has 0 saturated heterocycles. The van der Waals surface area contributed by atoms with E-state index in [1.807, 2.05) is 98.4 Å². The van der Waals surface area contributed by atoms with Crippen molar-refractivity contribution >= 4 is 154 Å². The van der Waals surface area contributed by atoms with E-state index in [0.717, 1.165) is 206 Å². The molecule has 648 valence electrons. The molecule has 0 spiro atoms. The molecule has 16 heteroatoms. The average Bonchev–Trinajstić information content (AvgIpc) is 1.56. The first-order chi connectivity index (χ1) is 69.4. The Bertz CT molecular complexity index is 9460. The first-order valence-electron chi connectivity index (χ1n) is 48.2. The fraction of sp³-hybridized carbons (Fsp3) is 0.0645. The molecule has 0 aliphatic heterocycles. The quantitative estimate of drug-likeness (QED) is 0.132. The summed E-state index contributed by atoms with van der Waals surface area (Å²) >= 11 is 0. The molecule has 0 radical (unpaired) electrons. The SMILES string of the molecule is c1ccc2c(c1)Cc1cc3c(cc1-2)Cc1c-3ccc2c1nc1c3cccnc3c3cccnc3n21.c1ccc2c(c1)Cc1cc3c(cc1-2)Cc1c-3ccc2c1nc1c3ccncc3c3cccnc3n21.c1ccc2c(c1)Cc1cc3c(cc1-2)Cc1c-3ccc2c1nc1c3cnccc3c3cccnc3n21.c1ccc2c(c1)Cc1cc3c(cc1-2)Cc1c-3ccc2c1nc1c3ncccc3c3cccnc3n21. The van der Waals surface area contributed by atoms with Crippen LogP contribution in [-0.4, -0.2) is 77.4 Å². The number of pyridine rings is 12. The molecule has 28 aromatic rings. The molecule has 8 aliphatic carbocycles. The predicted octanol–water partition coefficient (Wildman–Crippen LogP) is 26.9. The van der Waals surface area contributed by atoms with E-state index in [0.29, 0.717) is 0 Å².